The number of hydrogen-bond acceptors (Lipinski definition) is 4. The van der Waals surface area contributed by atoms with E-state index in [2.05, 4.69) is 36.6 Å². The third-order valence-electron chi connectivity index (χ3n) is 2.23. The third-order valence-corrected chi connectivity index (χ3v) is 3.61. The number of esters is 1. The average Bonchev–Trinajstić information content (AvgIpc) is 2.33. The largest absolute Gasteiger partial charge is 0.481 e. The first kappa shape index (κ1) is 15.7. The number of methoxy groups -OCH3 is 1. The number of aliphatic carboxylic acids is 1. The zero-order chi connectivity index (χ0) is 14.6. The highest BCUT2D eigenvalue weighted by molar-refractivity contribution is 9.11. The summed E-state index contributed by atoms with van der Waals surface area (Å²) in [5, 5.41) is 8.78. The molecule has 0 aliphatic heterocycles. The lowest BCUT2D eigenvalue weighted by Gasteiger charge is -2.06. The second kappa shape index (κ2) is 6.72. The maximum Gasteiger partial charge on any atom is 0.334 e. The lowest BCUT2D eigenvalue weighted by molar-refractivity contribution is -0.141. The predicted octanol–water partition coefficient (Wildman–Crippen LogP) is 2.82. The number of carbonyl (C=O) groups excluding carboxylic acids is 1. The van der Waals surface area contributed by atoms with Gasteiger partial charge in [-0.1, -0.05) is 15.9 Å². The molecule has 1 aromatic carbocycles. The van der Waals surface area contributed by atoms with Gasteiger partial charge in [-0.15, -0.1) is 0 Å². The number of hydrogen-bond donors (Lipinski definition) is 2. The van der Waals surface area contributed by atoms with Gasteiger partial charge in [-0.3, -0.25) is 4.79 Å². The monoisotopic (exact) mass is 391 g/mol. The van der Waals surface area contributed by atoms with Crippen molar-refractivity contribution >= 4 is 55.6 Å². The second-order valence-electron chi connectivity index (χ2n) is 3.63. The second-order valence-corrected chi connectivity index (χ2v) is 5.34. The molecule has 3 N–H and O–H groups in total. The summed E-state index contributed by atoms with van der Waals surface area (Å²) < 4.78 is 5.86. The summed E-state index contributed by atoms with van der Waals surface area (Å²) in [4.78, 5) is 22.2. The summed E-state index contributed by atoms with van der Waals surface area (Å²) in [6.07, 6.45) is 1.04. The molecule has 1 rings (SSSR count). The number of ether oxygens (including phenoxy) is 1. The van der Waals surface area contributed by atoms with Gasteiger partial charge in [-0.05, 0) is 39.7 Å². The first-order valence-corrected chi connectivity index (χ1v) is 6.69. The SMILES string of the molecule is COC(=O)/C(=C\c1cc(Br)c(N)cc1Br)CC(=O)O. The fourth-order valence-electron chi connectivity index (χ4n) is 1.35. The lowest BCUT2D eigenvalue weighted by atomic mass is 10.1. The third kappa shape index (κ3) is 4.36. The number of anilines is 1. The van der Waals surface area contributed by atoms with Crippen molar-refractivity contribution in [3.8, 4) is 0 Å². The Hall–Kier alpha value is -1.34. The van der Waals surface area contributed by atoms with Gasteiger partial charge >= 0.3 is 11.9 Å². The van der Waals surface area contributed by atoms with E-state index < -0.39 is 18.4 Å². The fourth-order valence-corrected chi connectivity index (χ4v) is 2.19. The van der Waals surface area contributed by atoms with Crippen molar-refractivity contribution in [1.82, 2.24) is 0 Å². The Bertz CT molecular complexity index is 555. The van der Waals surface area contributed by atoms with Crippen LogP contribution in [0.2, 0.25) is 0 Å². The van der Waals surface area contributed by atoms with Crippen LogP contribution < -0.4 is 5.73 Å². The minimum atomic E-state index is -1.11. The van der Waals surface area contributed by atoms with Crippen LogP contribution in [0.3, 0.4) is 0 Å². The van der Waals surface area contributed by atoms with Gasteiger partial charge in [0.1, 0.15) is 0 Å². The summed E-state index contributed by atoms with van der Waals surface area (Å²) in [7, 11) is 1.20. The molecule has 19 heavy (non-hydrogen) atoms. The van der Waals surface area contributed by atoms with E-state index in [1.807, 2.05) is 0 Å². The number of halogens is 2. The van der Waals surface area contributed by atoms with Crippen LogP contribution in [-0.2, 0) is 14.3 Å². The quantitative estimate of drug-likeness (QED) is 0.467. The fraction of sp³-hybridized carbons (Fsp3) is 0.167. The first-order valence-electron chi connectivity index (χ1n) is 5.10. The Morgan fingerprint density at radius 1 is 1.37 bits per heavy atom. The Kier molecular flexibility index (Phi) is 5.56. The molecule has 0 aliphatic rings. The van der Waals surface area contributed by atoms with Crippen LogP contribution >= 0.6 is 31.9 Å². The van der Waals surface area contributed by atoms with Gasteiger partial charge in [0.2, 0.25) is 0 Å². The van der Waals surface area contributed by atoms with Gasteiger partial charge in [0.05, 0.1) is 13.5 Å². The van der Waals surface area contributed by atoms with Crippen molar-refractivity contribution < 1.29 is 19.4 Å². The minimum Gasteiger partial charge on any atom is -0.481 e. The molecule has 0 saturated carbocycles. The van der Waals surface area contributed by atoms with Crippen LogP contribution in [0, 0.1) is 0 Å². The van der Waals surface area contributed by atoms with Crippen LogP contribution in [0.4, 0.5) is 5.69 Å². The van der Waals surface area contributed by atoms with E-state index in [-0.39, 0.29) is 5.57 Å². The number of nitrogen functional groups attached to an aromatic ring is 1. The predicted molar refractivity (Wildman–Crippen MR) is 78.5 cm³/mol. The molecule has 0 radical (unpaired) electrons. The number of rotatable bonds is 4. The molecule has 0 amide bonds. The van der Waals surface area contributed by atoms with Crippen molar-refractivity contribution in [1.29, 1.82) is 0 Å². The van der Waals surface area contributed by atoms with Crippen molar-refractivity contribution in [3.63, 3.8) is 0 Å². The van der Waals surface area contributed by atoms with E-state index in [9.17, 15) is 9.59 Å². The van der Waals surface area contributed by atoms with Crippen molar-refractivity contribution in [2.24, 2.45) is 0 Å². The Labute approximate surface area is 126 Å². The summed E-state index contributed by atoms with van der Waals surface area (Å²) in [6, 6.07) is 3.34. The average molecular weight is 393 g/mol. The molecule has 0 spiro atoms. The van der Waals surface area contributed by atoms with E-state index in [1.54, 1.807) is 12.1 Å². The zero-order valence-electron chi connectivity index (χ0n) is 9.94. The van der Waals surface area contributed by atoms with E-state index in [0.717, 1.165) is 0 Å². The van der Waals surface area contributed by atoms with E-state index >= 15 is 0 Å². The molecule has 0 unspecified atom stereocenters. The number of benzene rings is 1. The van der Waals surface area contributed by atoms with Gasteiger partial charge in [0, 0.05) is 20.2 Å². The summed E-state index contributed by atoms with van der Waals surface area (Å²) >= 11 is 6.57. The lowest BCUT2D eigenvalue weighted by Crippen LogP contribution is -2.09. The zero-order valence-corrected chi connectivity index (χ0v) is 13.1. The molecule has 7 heteroatoms. The standard InChI is InChI=1S/C12H11Br2NO4/c1-19-12(18)7(4-11(16)17)2-6-3-9(14)10(15)5-8(6)13/h2-3,5H,4,15H2,1H3,(H,16,17)/b7-2-. The Balaban J connectivity index is 3.25. The summed E-state index contributed by atoms with van der Waals surface area (Å²) in [5.74, 6) is -1.79. The van der Waals surface area contributed by atoms with Crippen LogP contribution in [-0.4, -0.2) is 24.2 Å². The number of carboxylic acids is 1. The normalized spacial score (nSPS) is 11.2. The first-order chi connectivity index (χ1) is 8.85. The van der Waals surface area contributed by atoms with E-state index in [1.165, 1.54) is 13.2 Å². The molecular formula is C12H11Br2NO4. The van der Waals surface area contributed by atoms with Crippen LogP contribution in [0.5, 0.6) is 0 Å². The van der Waals surface area contributed by atoms with E-state index in [0.29, 0.717) is 20.2 Å². The molecule has 0 bridgehead atoms. The van der Waals surface area contributed by atoms with Gasteiger partial charge in [0.15, 0.2) is 0 Å². The van der Waals surface area contributed by atoms with Crippen molar-refractivity contribution in [3.05, 3.63) is 32.2 Å². The van der Waals surface area contributed by atoms with Crippen molar-refractivity contribution in [2.75, 3.05) is 12.8 Å². The molecule has 5 nitrogen and oxygen atoms in total. The Morgan fingerprint density at radius 3 is 2.53 bits per heavy atom. The molecule has 0 aromatic heterocycles. The smallest absolute Gasteiger partial charge is 0.334 e. The number of nitrogens with two attached hydrogens (primary N) is 1. The minimum absolute atomic E-state index is 0.0485. The molecule has 0 fully saturated rings. The van der Waals surface area contributed by atoms with Crippen LogP contribution in [0.15, 0.2) is 26.7 Å². The highest BCUT2D eigenvalue weighted by Gasteiger charge is 2.15. The highest BCUT2D eigenvalue weighted by atomic mass is 79.9. The van der Waals surface area contributed by atoms with E-state index in [4.69, 9.17) is 10.8 Å². The van der Waals surface area contributed by atoms with Gasteiger partial charge in [-0.2, -0.15) is 0 Å². The van der Waals surface area contributed by atoms with Crippen molar-refractivity contribution in [2.45, 2.75) is 6.42 Å². The maximum atomic E-state index is 11.5. The van der Waals surface area contributed by atoms with Gasteiger partial charge < -0.3 is 15.6 Å². The molecule has 0 atom stereocenters. The Morgan fingerprint density at radius 2 is 2.00 bits per heavy atom. The molecular weight excluding hydrogens is 382 g/mol. The summed E-state index contributed by atoms with van der Waals surface area (Å²) in [6.45, 7) is 0. The molecule has 0 aliphatic carbocycles. The molecule has 102 valence electrons. The van der Waals surface area contributed by atoms with Crippen LogP contribution in [0.25, 0.3) is 6.08 Å². The maximum absolute atomic E-state index is 11.5. The summed E-state index contributed by atoms with van der Waals surface area (Å²) in [5.41, 5.74) is 6.91. The topological polar surface area (TPSA) is 89.6 Å². The number of carboxylic acid groups (broad SMARTS) is 1. The van der Waals surface area contributed by atoms with Gasteiger partial charge in [0.25, 0.3) is 0 Å². The molecule has 0 heterocycles. The molecule has 1 aromatic rings. The highest BCUT2D eigenvalue weighted by Crippen LogP contribution is 2.29. The number of carbonyl (C=O) groups is 2. The van der Waals surface area contributed by atoms with Gasteiger partial charge in [-0.25, -0.2) is 4.79 Å². The molecule has 0 saturated heterocycles. The van der Waals surface area contributed by atoms with Crippen LogP contribution in [0.1, 0.15) is 12.0 Å².